The van der Waals surface area contributed by atoms with E-state index < -0.39 is 12.0 Å². The highest BCUT2D eigenvalue weighted by Gasteiger charge is 2.23. The summed E-state index contributed by atoms with van der Waals surface area (Å²) in [6, 6.07) is 1.30. The van der Waals surface area contributed by atoms with Gasteiger partial charge in [0.15, 0.2) is 24.1 Å². The molecule has 0 aliphatic heterocycles. The predicted molar refractivity (Wildman–Crippen MR) is 123 cm³/mol. The van der Waals surface area contributed by atoms with E-state index in [2.05, 4.69) is 32.9 Å². The van der Waals surface area contributed by atoms with Crippen LogP contribution in [0.5, 0.6) is 17.2 Å². The summed E-state index contributed by atoms with van der Waals surface area (Å²) >= 11 is 0. The van der Waals surface area contributed by atoms with Gasteiger partial charge in [0.05, 0.1) is 12.2 Å². The topological polar surface area (TPSA) is 85.2 Å². The van der Waals surface area contributed by atoms with Crippen LogP contribution < -0.4 is 4.74 Å². The number of hydrogen-bond donors (Lipinski definition) is 2. The van der Waals surface area contributed by atoms with Gasteiger partial charge in [0.2, 0.25) is 5.75 Å². The van der Waals surface area contributed by atoms with Crippen molar-refractivity contribution in [3.8, 4) is 17.2 Å². The molecule has 31 heavy (non-hydrogen) atoms. The Hall–Kier alpha value is -2.57. The molecule has 0 saturated carbocycles. The standard InChI is InChI=1S/C25H36O6/c1-17(2)9-7-10-18(3)11-8-12-19(4)13-14-31-24-22(27)15-20(25(29-5)30-6)21(16-26)23(24)28/h8-9,11-12,15-16,18,25,27-28H,7,10,13-14H2,1-6H3/b11-8+,19-12+. The Morgan fingerprint density at radius 2 is 1.84 bits per heavy atom. The van der Waals surface area contributed by atoms with Gasteiger partial charge in [-0.15, -0.1) is 0 Å². The molecule has 1 aromatic carbocycles. The number of aromatic hydroxyl groups is 2. The number of rotatable bonds is 13. The van der Waals surface area contributed by atoms with Gasteiger partial charge in [0, 0.05) is 26.2 Å². The highest BCUT2D eigenvalue weighted by molar-refractivity contribution is 5.84. The zero-order valence-corrected chi connectivity index (χ0v) is 19.5. The summed E-state index contributed by atoms with van der Waals surface area (Å²) in [5, 5.41) is 20.7. The van der Waals surface area contributed by atoms with Gasteiger partial charge < -0.3 is 24.4 Å². The Bertz CT molecular complexity index is 799. The molecule has 1 atom stereocenters. The van der Waals surface area contributed by atoms with Crippen LogP contribution in [0.15, 0.2) is 41.5 Å². The lowest BCUT2D eigenvalue weighted by molar-refractivity contribution is -0.106. The minimum absolute atomic E-state index is 0.0428. The van der Waals surface area contributed by atoms with E-state index in [1.165, 1.54) is 25.9 Å². The lowest BCUT2D eigenvalue weighted by atomic mass is 10.0. The number of phenols is 2. The maximum atomic E-state index is 11.5. The lowest BCUT2D eigenvalue weighted by Crippen LogP contribution is -2.08. The fourth-order valence-corrected chi connectivity index (χ4v) is 3.02. The van der Waals surface area contributed by atoms with Crippen molar-refractivity contribution >= 4 is 6.29 Å². The number of ether oxygens (including phenoxy) is 3. The lowest BCUT2D eigenvalue weighted by Gasteiger charge is -2.19. The van der Waals surface area contributed by atoms with Gasteiger partial charge in [-0.25, -0.2) is 0 Å². The first-order chi connectivity index (χ1) is 14.7. The second-order valence-corrected chi connectivity index (χ2v) is 7.83. The second kappa shape index (κ2) is 13.7. The van der Waals surface area contributed by atoms with Gasteiger partial charge in [0.25, 0.3) is 0 Å². The highest BCUT2D eigenvalue weighted by atomic mass is 16.7. The molecule has 1 aromatic rings. The second-order valence-electron chi connectivity index (χ2n) is 7.83. The zero-order chi connectivity index (χ0) is 23.4. The van der Waals surface area contributed by atoms with Crippen LogP contribution in [-0.2, 0) is 9.47 Å². The first-order valence-electron chi connectivity index (χ1n) is 10.4. The quantitative estimate of drug-likeness (QED) is 0.176. The van der Waals surface area contributed by atoms with E-state index in [1.807, 2.05) is 19.1 Å². The van der Waals surface area contributed by atoms with Crippen LogP contribution in [0.2, 0.25) is 0 Å². The SMILES string of the molecule is COC(OC)c1cc(O)c(OCC/C(C)=C/C=C/C(C)CCC=C(C)C)c(O)c1C=O. The molecule has 0 saturated heterocycles. The van der Waals surface area contributed by atoms with Crippen LogP contribution >= 0.6 is 0 Å². The predicted octanol–water partition coefficient (Wildman–Crippen LogP) is 5.86. The van der Waals surface area contributed by atoms with Gasteiger partial charge in [-0.2, -0.15) is 0 Å². The van der Waals surface area contributed by atoms with E-state index in [0.29, 0.717) is 18.6 Å². The number of carbonyl (C=O) groups is 1. The van der Waals surface area contributed by atoms with Crippen LogP contribution in [0.4, 0.5) is 0 Å². The number of methoxy groups -OCH3 is 2. The monoisotopic (exact) mass is 432 g/mol. The molecule has 6 heteroatoms. The Labute approximate surface area is 185 Å². The highest BCUT2D eigenvalue weighted by Crippen LogP contribution is 2.42. The third-order valence-corrected chi connectivity index (χ3v) is 4.84. The molecule has 1 unspecified atom stereocenters. The molecule has 0 radical (unpaired) electrons. The van der Waals surface area contributed by atoms with Gasteiger partial charge >= 0.3 is 0 Å². The summed E-state index contributed by atoms with van der Waals surface area (Å²) in [6.45, 7) is 8.64. The van der Waals surface area contributed by atoms with E-state index in [4.69, 9.17) is 14.2 Å². The first kappa shape index (κ1) is 26.5. The van der Waals surface area contributed by atoms with Crippen molar-refractivity contribution in [3.63, 3.8) is 0 Å². The fraction of sp³-hybridized carbons (Fsp3) is 0.480. The number of aldehydes is 1. The smallest absolute Gasteiger partial charge is 0.203 e. The van der Waals surface area contributed by atoms with Crippen molar-refractivity contribution < 1.29 is 29.2 Å². The molecular formula is C25H36O6. The van der Waals surface area contributed by atoms with Crippen LogP contribution in [0, 0.1) is 5.92 Å². The number of phenolic OH excluding ortho intramolecular Hbond substituents is 2. The molecule has 0 bridgehead atoms. The van der Waals surface area contributed by atoms with Crippen LogP contribution in [0.25, 0.3) is 0 Å². The molecule has 0 fully saturated rings. The molecule has 0 aromatic heterocycles. The molecule has 0 heterocycles. The van der Waals surface area contributed by atoms with Gasteiger partial charge in [-0.1, -0.05) is 42.4 Å². The van der Waals surface area contributed by atoms with E-state index in [1.54, 1.807) is 0 Å². The van der Waals surface area contributed by atoms with Crippen LogP contribution in [0.1, 0.15) is 69.2 Å². The van der Waals surface area contributed by atoms with Crippen molar-refractivity contribution in [1.29, 1.82) is 0 Å². The Kier molecular flexibility index (Phi) is 11.7. The van der Waals surface area contributed by atoms with Crippen molar-refractivity contribution in [1.82, 2.24) is 0 Å². The van der Waals surface area contributed by atoms with Crippen molar-refractivity contribution in [2.24, 2.45) is 5.92 Å². The van der Waals surface area contributed by atoms with Gasteiger partial charge in [0.1, 0.15) is 0 Å². The average Bonchev–Trinajstić information content (AvgIpc) is 2.71. The average molecular weight is 433 g/mol. The maximum absolute atomic E-state index is 11.5. The Balaban J connectivity index is 2.72. The Morgan fingerprint density at radius 3 is 2.42 bits per heavy atom. The molecule has 172 valence electrons. The number of benzene rings is 1. The van der Waals surface area contributed by atoms with Crippen molar-refractivity contribution in [2.75, 3.05) is 20.8 Å². The summed E-state index contributed by atoms with van der Waals surface area (Å²) in [4.78, 5) is 11.5. The van der Waals surface area contributed by atoms with Gasteiger partial charge in [-0.05, 0) is 45.6 Å². The third kappa shape index (κ3) is 8.59. The minimum Gasteiger partial charge on any atom is -0.504 e. The summed E-state index contributed by atoms with van der Waals surface area (Å²) < 4.78 is 15.8. The van der Waals surface area contributed by atoms with E-state index in [9.17, 15) is 15.0 Å². The normalized spacial score (nSPS) is 12.9. The van der Waals surface area contributed by atoms with E-state index in [-0.39, 0.29) is 29.2 Å². The van der Waals surface area contributed by atoms with Crippen molar-refractivity contribution in [2.45, 2.75) is 53.2 Å². The van der Waals surface area contributed by atoms with Crippen LogP contribution in [0.3, 0.4) is 0 Å². The third-order valence-electron chi connectivity index (χ3n) is 4.84. The Morgan fingerprint density at radius 1 is 1.16 bits per heavy atom. The summed E-state index contributed by atoms with van der Waals surface area (Å²) in [7, 11) is 2.80. The largest absolute Gasteiger partial charge is 0.504 e. The molecule has 0 aliphatic rings. The number of hydrogen-bond acceptors (Lipinski definition) is 6. The number of allylic oxidation sites excluding steroid dienone is 5. The molecule has 0 aliphatic carbocycles. The maximum Gasteiger partial charge on any atom is 0.203 e. The van der Waals surface area contributed by atoms with E-state index >= 15 is 0 Å². The van der Waals surface area contributed by atoms with E-state index in [0.717, 1.165) is 18.4 Å². The van der Waals surface area contributed by atoms with Crippen LogP contribution in [-0.4, -0.2) is 37.3 Å². The molecule has 2 N–H and O–H groups in total. The minimum atomic E-state index is -0.896. The fourth-order valence-electron chi connectivity index (χ4n) is 3.02. The summed E-state index contributed by atoms with van der Waals surface area (Å²) in [5.41, 5.74) is 2.62. The zero-order valence-electron chi connectivity index (χ0n) is 19.5. The first-order valence-corrected chi connectivity index (χ1v) is 10.4. The molecule has 1 rings (SSSR count). The molecule has 0 amide bonds. The summed E-state index contributed by atoms with van der Waals surface area (Å²) in [6.07, 6.45) is 10.9. The number of carbonyl (C=O) groups excluding carboxylic acids is 1. The molecule has 0 spiro atoms. The molecular weight excluding hydrogens is 396 g/mol. The summed E-state index contributed by atoms with van der Waals surface area (Å²) in [5.74, 6) is -0.360. The molecule has 6 nitrogen and oxygen atoms in total. The van der Waals surface area contributed by atoms with Crippen molar-refractivity contribution in [3.05, 3.63) is 52.6 Å². The van der Waals surface area contributed by atoms with Gasteiger partial charge in [-0.3, -0.25) is 4.79 Å².